The number of hydrogen-bond donors (Lipinski definition) is 2. The van der Waals surface area contributed by atoms with Crippen molar-refractivity contribution in [2.75, 3.05) is 0 Å². The van der Waals surface area contributed by atoms with Crippen molar-refractivity contribution < 1.29 is 4.79 Å². The van der Waals surface area contributed by atoms with E-state index in [0.717, 1.165) is 6.07 Å². The average Bonchev–Trinajstić information content (AvgIpc) is 2.03. The van der Waals surface area contributed by atoms with Gasteiger partial charge in [0.25, 0.3) is 11.5 Å². The van der Waals surface area contributed by atoms with Gasteiger partial charge in [0.1, 0.15) is 0 Å². The Labute approximate surface area is 69.9 Å². The first-order valence-electron chi connectivity index (χ1n) is 3.06. The summed E-state index contributed by atoms with van der Waals surface area (Å²) in [5.74, 6) is -1.01. The number of rotatable bonds is 1. The van der Waals surface area contributed by atoms with E-state index in [-0.39, 0.29) is 5.69 Å². The third kappa shape index (κ3) is 2.04. The maximum Gasteiger partial charge on any atom is 0.326 e. The molecule has 1 heterocycles. The SMILES string of the molecule is [N-]=[N+]=NC(=O)c1cc(=O)[nH]c(=O)[nH]1. The summed E-state index contributed by atoms with van der Waals surface area (Å²) >= 11 is 0. The van der Waals surface area contributed by atoms with Gasteiger partial charge in [-0.2, -0.15) is 0 Å². The van der Waals surface area contributed by atoms with Gasteiger partial charge in [-0.25, -0.2) is 4.79 Å². The van der Waals surface area contributed by atoms with E-state index in [0.29, 0.717) is 0 Å². The summed E-state index contributed by atoms with van der Waals surface area (Å²) in [5, 5.41) is 2.70. The molecule has 0 aliphatic heterocycles. The minimum Gasteiger partial charge on any atom is -0.304 e. The first-order valence-corrected chi connectivity index (χ1v) is 3.06. The van der Waals surface area contributed by atoms with E-state index in [1.165, 1.54) is 0 Å². The lowest BCUT2D eigenvalue weighted by atomic mass is 10.4. The minimum atomic E-state index is -1.01. The van der Waals surface area contributed by atoms with Crippen LogP contribution >= 0.6 is 0 Å². The fraction of sp³-hybridized carbons (Fsp3) is 0. The number of carbonyl (C=O) groups excluding carboxylic acids is 1. The Hall–Kier alpha value is -2.34. The van der Waals surface area contributed by atoms with Crippen molar-refractivity contribution in [1.29, 1.82) is 0 Å². The van der Waals surface area contributed by atoms with Crippen LogP contribution in [0.4, 0.5) is 0 Å². The zero-order valence-electron chi connectivity index (χ0n) is 6.14. The summed E-state index contributed by atoms with van der Waals surface area (Å²) in [5.41, 5.74) is 5.99. The molecule has 2 N–H and O–H groups in total. The largest absolute Gasteiger partial charge is 0.326 e. The van der Waals surface area contributed by atoms with Crippen LogP contribution in [-0.4, -0.2) is 15.9 Å². The van der Waals surface area contributed by atoms with E-state index in [9.17, 15) is 14.4 Å². The molecule has 0 aromatic carbocycles. The average molecular weight is 181 g/mol. The van der Waals surface area contributed by atoms with Crippen LogP contribution in [0.1, 0.15) is 10.5 Å². The molecule has 1 rings (SSSR count). The second-order valence-corrected chi connectivity index (χ2v) is 2.00. The maximum absolute atomic E-state index is 10.8. The van der Waals surface area contributed by atoms with Gasteiger partial charge in [0.2, 0.25) is 0 Å². The molecule has 1 aromatic rings. The number of azide groups is 1. The Morgan fingerprint density at radius 3 is 2.69 bits per heavy atom. The molecule has 0 fully saturated rings. The molecule has 0 bridgehead atoms. The highest BCUT2D eigenvalue weighted by molar-refractivity contribution is 5.92. The Morgan fingerprint density at radius 2 is 2.15 bits per heavy atom. The number of aromatic amines is 2. The van der Waals surface area contributed by atoms with E-state index >= 15 is 0 Å². The third-order valence-electron chi connectivity index (χ3n) is 1.13. The molecule has 1 amide bonds. The molecule has 0 radical (unpaired) electrons. The van der Waals surface area contributed by atoms with E-state index in [4.69, 9.17) is 5.53 Å². The summed E-state index contributed by atoms with van der Waals surface area (Å²) in [6, 6.07) is 0.832. The standard InChI is InChI=1S/C5H3N5O3/c6-10-9-4(12)2-1-3(11)8-5(13)7-2/h1H,(H2,7,8,11,13). The van der Waals surface area contributed by atoms with Crippen molar-refractivity contribution >= 4 is 5.91 Å². The normalized spacial score (nSPS) is 8.92. The van der Waals surface area contributed by atoms with Crippen LogP contribution in [0.3, 0.4) is 0 Å². The molecule has 13 heavy (non-hydrogen) atoms. The van der Waals surface area contributed by atoms with Gasteiger partial charge < -0.3 is 4.98 Å². The van der Waals surface area contributed by atoms with Gasteiger partial charge in [0, 0.05) is 11.0 Å². The molecule has 0 aliphatic carbocycles. The predicted molar refractivity (Wildman–Crippen MR) is 41.2 cm³/mol. The smallest absolute Gasteiger partial charge is 0.304 e. The lowest BCUT2D eigenvalue weighted by molar-refractivity contribution is 0.0995. The van der Waals surface area contributed by atoms with Gasteiger partial charge in [-0.15, -0.1) is 0 Å². The highest BCUT2D eigenvalue weighted by Crippen LogP contribution is 1.89. The summed E-state index contributed by atoms with van der Waals surface area (Å²) in [6.45, 7) is 0. The molecular formula is C5H3N5O3. The first kappa shape index (κ1) is 8.75. The topological polar surface area (TPSA) is 132 Å². The van der Waals surface area contributed by atoms with E-state index in [2.05, 4.69) is 10.0 Å². The molecule has 8 heteroatoms. The maximum atomic E-state index is 10.8. The van der Waals surface area contributed by atoms with Crippen molar-refractivity contribution in [3.8, 4) is 0 Å². The molecule has 8 nitrogen and oxygen atoms in total. The first-order chi connectivity index (χ1) is 6.13. The van der Waals surface area contributed by atoms with Crippen molar-refractivity contribution in [2.24, 2.45) is 5.11 Å². The van der Waals surface area contributed by atoms with Gasteiger partial charge in [0.15, 0.2) is 0 Å². The van der Waals surface area contributed by atoms with Crippen molar-refractivity contribution in [2.45, 2.75) is 0 Å². The summed E-state index contributed by atoms with van der Waals surface area (Å²) in [6.07, 6.45) is 0. The van der Waals surface area contributed by atoms with Crippen LogP contribution in [0, 0.1) is 0 Å². The van der Waals surface area contributed by atoms with E-state index < -0.39 is 17.2 Å². The molecule has 0 saturated heterocycles. The van der Waals surface area contributed by atoms with Crippen LogP contribution in [0.25, 0.3) is 10.4 Å². The molecule has 0 aliphatic rings. The fourth-order valence-corrected chi connectivity index (χ4v) is 0.678. The van der Waals surface area contributed by atoms with Gasteiger partial charge in [-0.1, -0.05) is 0 Å². The number of nitrogens with one attached hydrogen (secondary N) is 2. The van der Waals surface area contributed by atoms with Crippen molar-refractivity contribution in [3.63, 3.8) is 0 Å². The second kappa shape index (κ2) is 3.37. The van der Waals surface area contributed by atoms with Crippen LogP contribution < -0.4 is 11.2 Å². The molecule has 66 valence electrons. The Balaban J connectivity index is 3.31. The number of carbonyl (C=O) groups is 1. The summed E-state index contributed by atoms with van der Waals surface area (Å²) in [4.78, 5) is 38.2. The van der Waals surface area contributed by atoms with Crippen LogP contribution in [0.15, 0.2) is 20.8 Å². The Morgan fingerprint density at radius 1 is 1.46 bits per heavy atom. The van der Waals surface area contributed by atoms with Gasteiger partial charge in [-0.3, -0.25) is 14.6 Å². The lowest BCUT2D eigenvalue weighted by Gasteiger charge is -1.90. The molecular weight excluding hydrogens is 178 g/mol. The quantitative estimate of drug-likeness (QED) is 0.344. The van der Waals surface area contributed by atoms with Gasteiger partial charge in [-0.05, 0) is 10.6 Å². The molecule has 1 aromatic heterocycles. The van der Waals surface area contributed by atoms with Gasteiger partial charge in [0.05, 0.1) is 5.69 Å². The highest BCUT2D eigenvalue weighted by Gasteiger charge is 2.04. The zero-order valence-corrected chi connectivity index (χ0v) is 6.14. The Kier molecular flexibility index (Phi) is 2.27. The second-order valence-electron chi connectivity index (χ2n) is 2.00. The van der Waals surface area contributed by atoms with Crippen molar-refractivity contribution in [1.82, 2.24) is 9.97 Å². The number of amides is 1. The third-order valence-corrected chi connectivity index (χ3v) is 1.13. The lowest BCUT2D eigenvalue weighted by Crippen LogP contribution is -2.24. The van der Waals surface area contributed by atoms with Crippen LogP contribution in [-0.2, 0) is 0 Å². The zero-order chi connectivity index (χ0) is 9.84. The van der Waals surface area contributed by atoms with Gasteiger partial charge >= 0.3 is 5.69 Å². The Bertz CT molecular complexity index is 463. The number of nitrogens with zero attached hydrogens (tertiary/aromatic N) is 3. The highest BCUT2D eigenvalue weighted by atomic mass is 16.2. The number of H-pyrrole nitrogens is 2. The van der Waals surface area contributed by atoms with Crippen molar-refractivity contribution in [3.05, 3.63) is 43.0 Å². The van der Waals surface area contributed by atoms with E-state index in [1.54, 1.807) is 0 Å². The summed E-state index contributed by atoms with van der Waals surface area (Å²) in [7, 11) is 0. The molecule has 0 unspecified atom stereocenters. The monoisotopic (exact) mass is 181 g/mol. The fourth-order valence-electron chi connectivity index (χ4n) is 0.678. The minimum absolute atomic E-state index is 0.341. The summed E-state index contributed by atoms with van der Waals surface area (Å²) < 4.78 is 0. The molecule has 0 atom stereocenters. The van der Waals surface area contributed by atoms with Crippen LogP contribution in [0.2, 0.25) is 0 Å². The molecule has 0 spiro atoms. The van der Waals surface area contributed by atoms with E-state index in [1.807, 2.05) is 9.97 Å². The van der Waals surface area contributed by atoms with Crippen LogP contribution in [0.5, 0.6) is 0 Å². The number of hydrogen-bond acceptors (Lipinski definition) is 3. The number of aromatic nitrogens is 2. The predicted octanol–water partition coefficient (Wildman–Crippen LogP) is -0.486. The molecule has 0 saturated carbocycles.